The van der Waals surface area contributed by atoms with E-state index in [2.05, 4.69) is 10.6 Å². The molecule has 0 aliphatic heterocycles. The molecular formula is C19H16ClF3N4O6. The summed E-state index contributed by atoms with van der Waals surface area (Å²) in [5, 5.41) is 26.3. The molecule has 1 atom stereocenters. The molecule has 0 fully saturated rings. The number of nitrogens with zero attached hydrogens (tertiary/aromatic N) is 2. The number of hydrogen-bond donors (Lipinski definition) is 2. The van der Waals surface area contributed by atoms with Crippen molar-refractivity contribution in [2.75, 3.05) is 16.5 Å². The third-order valence-corrected chi connectivity index (χ3v) is 4.68. The Labute approximate surface area is 189 Å². The maximum atomic E-state index is 13.1. The maximum absolute atomic E-state index is 13.1. The van der Waals surface area contributed by atoms with Gasteiger partial charge in [-0.1, -0.05) is 0 Å². The standard InChI is InChI=1S/C19H16ClF3N4O6/c1-10-8-11(2-4-15(10)26(30)31)24-17(28)13(6-7-20)18(29)25-12-3-5-16(27(32)33)14(9-12)19(21,22)23/h2-5,8-9,13H,6-7H2,1H3,(H,24,28)(H,25,29). The van der Waals surface area contributed by atoms with E-state index in [1.54, 1.807) is 0 Å². The number of nitro benzene ring substituents is 2. The summed E-state index contributed by atoms with van der Waals surface area (Å²) in [6, 6.07) is 5.63. The third-order valence-electron chi connectivity index (χ3n) is 4.46. The van der Waals surface area contributed by atoms with Crippen LogP contribution in [0, 0.1) is 33.1 Å². The molecule has 0 aliphatic rings. The van der Waals surface area contributed by atoms with Crippen LogP contribution in [0.2, 0.25) is 0 Å². The molecule has 33 heavy (non-hydrogen) atoms. The minimum absolute atomic E-state index is 0.140. The first kappa shape index (κ1) is 25.5. The molecular weight excluding hydrogens is 473 g/mol. The van der Waals surface area contributed by atoms with Crippen LogP contribution in [0.25, 0.3) is 0 Å². The number of hydrogen-bond acceptors (Lipinski definition) is 6. The molecule has 0 saturated heterocycles. The van der Waals surface area contributed by atoms with Gasteiger partial charge in [-0.25, -0.2) is 0 Å². The molecule has 0 saturated carbocycles. The quantitative estimate of drug-likeness (QED) is 0.239. The summed E-state index contributed by atoms with van der Waals surface area (Å²) < 4.78 is 39.4. The van der Waals surface area contributed by atoms with Crippen molar-refractivity contribution < 1.29 is 32.6 Å². The van der Waals surface area contributed by atoms with E-state index in [9.17, 15) is 43.0 Å². The summed E-state index contributed by atoms with van der Waals surface area (Å²) in [6.07, 6.45) is -5.23. The molecule has 10 nitrogen and oxygen atoms in total. The van der Waals surface area contributed by atoms with Crippen LogP contribution < -0.4 is 10.6 Å². The van der Waals surface area contributed by atoms with Crippen LogP contribution in [0.5, 0.6) is 0 Å². The van der Waals surface area contributed by atoms with Gasteiger partial charge in [0.05, 0.1) is 9.85 Å². The van der Waals surface area contributed by atoms with Gasteiger partial charge in [-0.05, 0) is 37.6 Å². The van der Waals surface area contributed by atoms with Crippen LogP contribution >= 0.6 is 11.6 Å². The summed E-state index contributed by atoms with van der Waals surface area (Å²) in [5.41, 5.74) is -2.93. The van der Waals surface area contributed by atoms with Gasteiger partial charge >= 0.3 is 6.18 Å². The fourth-order valence-electron chi connectivity index (χ4n) is 2.89. The Morgan fingerprint density at radius 3 is 1.88 bits per heavy atom. The lowest BCUT2D eigenvalue weighted by molar-refractivity contribution is -0.388. The van der Waals surface area contributed by atoms with Crippen LogP contribution in [0.1, 0.15) is 17.5 Å². The van der Waals surface area contributed by atoms with Crippen LogP contribution in [0.3, 0.4) is 0 Å². The highest BCUT2D eigenvalue weighted by Crippen LogP contribution is 2.37. The molecule has 0 spiro atoms. The fraction of sp³-hybridized carbons (Fsp3) is 0.263. The van der Waals surface area contributed by atoms with E-state index >= 15 is 0 Å². The number of amides is 2. The number of nitrogens with one attached hydrogen (secondary N) is 2. The predicted octanol–water partition coefficient (Wildman–Crippen LogP) is 4.65. The van der Waals surface area contributed by atoms with E-state index in [1.807, 2.05) is 0 Å². The summed E-state index contributed by atoms with van der Waals surface area (Å²) in [7, 11) is 0. The zero-order valence-electron chi connectivity index (χ0n) is 16.8. The molecule has 14 heteroatoms. The Bertz CT molecular complexity index is 1110. The summed E-state index contributed by atoms with van der Waals surface area (Å²) in [6.45, 7) is 1.45. The van der Waals surface area contributed by atoms with Crippen molar-refractivity contribution in [3.8, 4) is 0 Å². The predicted molar refractivity (Wildman–Crippen MR) is 112 cm³/mol. The van der Waals surface area contributed by atoms with E-state index < -0.39 is 50.7 Å². The second-order valence-electron chi connectivity index (χ2n) is 6.75. The lowest BCUT2D eigenvalue weighted by Gasteiger charge is -2.17. The normalized spacial score (nSPS) is 12.0. The number of nitro groups is 2. The second-order valence-corrected chi connectivity index (χ2v) is 7.13. The van der Waals surface area contributed by atoms with Gasteiger partial charge < -0.3 is 10.6 Å². The molecule has 2 aromatic carbocycles. The SMILES string of the molecule is Cc1cc(NC(=O)C(CCCl)C(=O)Nc2ccc([N+](=O)[O-])c(C(F)(F)F)c2)ccc1[N+](=O)[O-]. The van der Waals surface area contributed by atoms with Crippen molar-refractivity contribution in [3.63, 3.8) is 0 Å². The van der Waals surface area contributed by atoms with Crippen molar-refractivity contribution in [1.82, 2.24) is 0 Å². The lowest BCUT2D eigenvalue weighted by Crippen LogP contribution is -2.34. The van der Waals surface area contributed by atoms with Crippen LogP contribution in [0.4, 0.5) is 35.9 Å². The van der Waals surface area contributed by atoms with Gasteiger partial charge in [0, 0.05) is 35.0 Å². The van der Waals surface area contributed by atoms with Gasteiger partial charge in [0.15, 0.2) is 0 Å². The van der Waals surface area contributed by atoms with E-state index in [0.29, 0.717) is 12.1 Å². The first-order valence-corrected chi connectivity index (χ1v) is 9.67. The maximum Gasteiger partial charge on any atom is 0.423 e. The van der Waals surface area contributed by atoms with Crippen molar-refractivity contribution >= 4 is 46.2 Å². The molecule has 2 N–H and O–H groups in total. The van der Waals surface area contributed by atoms with E-state index in [4.69, 9.17) is 11.6 Å². The van der Waals surface area contributed by atoms with Gasteiger partial charge in [0.2, 0.25) is 11.8 Å². The molecule has 0 bridgehead atoms. The van der Waals surface area contributed by atoms with Gasteiger partial charge in [-0.3, -0.25) is 29.8 Å². The van der Waals surface area contributed by atoms with Crippen molar-refractivity contribution in [2.45, 2.75) is 19.5 Å². The highest BCUT2D eigenvalue weighted by Gasteiger charge is 2.38. The monoisotopic (exact) mass is 488 g/mol. The highest BCUT2D eigenvalue weighted by atomic mass is 35.5. The highest BCUT2D eigenvalue weighted by molar-refractivity contribution is 6.19. The van der Waals surface area contributed by atoms with Crippen molar-refractivity contribution in [2.24, 2.45) is 5.92 Å². The fourth-order valence-corrected chi connectivity index (χ4v) is 3.11. The minimum Gasteiger partial charge on any atom is -0.325 e. The number of benzene rings is 2. The largest absolute Gasteiger partial charge is 0.423 e. The van der Waals surface area contributed by atoms with Gasteiger partial charge in [0.1, 0.15) is 11.5 Å². The molecule has 0 radical (unpaired) electrons. The van der Waals surface area contributed by atoms with E-state index in [1.165, 1.54) is 19.1 Å². The Hall–Kier alpha value is -3.74. The number of anilines is 2. The molecule has 176 valence electrons. The zero-order valence-corrected chi connectivity index (χ0v) is 17.6. The van der Waals surface area contributed by atoms with Gasteiger partial charge in [-0.2, -0.15) is 13.2 Å². The Balaban J connectivity index is 2.25. The Morgan fingerprint density at radius 1 is 0.970 bits per heavy atom. The number of carbonyl (C=O) groups is 2. The number of carbonyl (C=O) groups excluding carboxylic acids is 2. The zero-order chi connectivity index (χ0) is 24.9. The summed E-state index contributed by atoms with van der Waals surface area (Å²) in [5.74, 6) is -3.41. The second kappa shape index (κ2) is 10.3. The van der Waals surface area contributed by atoms with Crippen molar-refractivity contribution in [3.05, 3.63) is 67.8 Å². The molecule has 2 aromatic rings. The summed E-state index contributed by atoms with van der Waals surface area (Å²) in [4.78, 5) is 45.1. The van der Waals surface area contributed by atoms with Crippen LogP contribution in [-0.2, 0) is 15.8 Å². The van der Waals surface area contributed by atoms with Gasteiger partial charge in [0.25, 0.3) is 11.4 Å². The number of alkyl halides is 4. The third kappa shape index (κ3) is 6.38. The Morgan fingerprint density at radius 2 is 1.45 bits per heavy atom. The number of rotatable bonds is 8. The minimum atomic E-state index is -5.05. The molecule has 2 amide bonds. The molecule has 0 heterocycles. The topological polar surface area (TPSA) is 144 Å². The van der Waals surface area contributed by atoms with Crippen LogP contribution in [-0.4, -0.2) is 27.5 Å². The van der Waals surface area contributed by atoms with Crippen molar-refractivity contribution in [1.29, 1.82) is 0 Å². The lowest BCUT2D eigenvalue weighted by atomic mass is 10.0. The molecule has 0 aliphatic carbocycles. The molecule has 0 aromatic heterocycles. The number of aryl methyl sites for hydroxylation is 1. The average molecular weight is 489 g/mol. The van der Waals surface area contributed by atoms with Gasteiger partial charge in [-0.15, -0.1) is 11.6 Å². The summed E-state index contributed by atoms with van der Waals surface area (Å²) >= 11 is 5.65. The van der Waals surface area contributed by atoms with Crippen LogP contribution in [0.15, 0.2) is 36.4 Å². The smallest absolute Gasteiger partial charge is 0.325 e. The first-order valence-electron chi connectivity index (χ1n) is 9.13. The first-order chi connectivity index (χ1) is 15.3. The molecule has 2 rings (SSSR count). The molecule has 1 unspecified atom stereocenters. The average Bonchev–Trinajstić information content (AvgIpc) is 2.70. The Kier molecular flexibility index (Phi) is 7.93. The van der Waals surface area contributed by atoms with E-state index in [0.717, 1.165) is 12.1 Å². The number of halogens is 4. The van der Waals surface area contributed by atoms with E-state index in [-0.39, 0.29) is 29.2 Å².